The molecule has 1 aromatic rings. The van der Waals surface area contributed by atoms with E-state index in [1.165, 1.54) is 0 Å². The molecule has 0 saturated heterocycles. The normalized spacial score (nSPS) is 9.42. The van der Waals surface area contributed by atoms with Crippen LogP contribution in [0.3, 0.4) is 0 Å². The molecule has 0 saturated carbocycles. The molecule has 0 unspecified atom stereocenters. The van der Waals surface area contributed by atoms with E-state index in [0.717, 1.165) is 0 Å². The van der Waals surface area contributed by atoms with Gasteiger partial charge in [-0.3, -0.25) is 0 Å². The van der Waals surface area contributed by atoms with E-state index in [2.05, 4.69) is 16.8 Å². The van der Waals surface area contributed by atoms with Crippen molar-refractivity contribution < 1.29 is 9.84 Å². The van der Waals surface area contributed by atoms with Crippen molar-refractivity contribution in [1.29, 1.82) is 0 Å². The van der Waals surface area contributed by atoms with E-state index < -0.39 is 0 Å². The van der Waals surface area contributed by atoms with Crippen LogP contribution in [0.1, 0.15) is 5.69 Å². The Morgan fingerprint density at radius 3 is 2.83 bits per heavy atom. The minimum atomic E-state index is -0.102. The summed E-state index contributed by atoms with van der Waals surface area (Å²) in [6, 6.07) is 3.31. The Bertz CT molecular complexity index is 246. The molecule has 4 heteroatoms. The zero-order valence-corrected chi connectivity index (χ0v) is 6.60. The summed E-state index contributed by atoms with van der Waals surface area (Å²) < 4.78 is 5.08. The van der Waals surface area contributed by atoms with E-state index >= 15 is 0 Å². The first-order valence-corrected chi connectivity index (χ1v) is 3.54. The van der Waals surface area contributed by atoms with Gasteiger partial charge in [0.05, 0.1) is 12.3 Å². The van der Waals surface area contributed by atoms with Crippen molar-refractivity contribution >= 4 is 0 Å². The van der Waals surface area contributed by atoms with Gasteiger partial charge in [0.1, 0.15) is 6.61 Å². The molecule has 1 N–H and O–H groups in total. The second-order valence-corrected chi connectivity index (χ2v) is 2.12. The van der Waals surface area contributed by atoms with Crippen LogP contribution in [0.2, 0.25) is 0 Å². The Labute approximate surface area is 70.5 Å². The highest BCUT2D eigenvalue weighted by atomic mass is 16.5. The molecule has 0 aliphatic rings. The summed E-state index contributed by atoms with van der Waals surface area (Å²) in [5.74, 6) is 0.437. The first-order chi connectivity index (χ1) is 5.86. The first-order valence-electron chi connectivity index (χ1n) is 3.54. The predicted octanol–water partition coefficient (Wildman–Crippen LogP) is 0.534. The van der Waals surface area contributed by atoms with Crippen LogP contribution in [0.5, 0.6) is 5.88 Å². The van der Waals surface area contributed by atoms with Gasteiger partial charge in [0.25, 0.3) is 0 Å². The molecule has 0 spiro atoms. The molecular weight excluding hydrogens is 156 g/mol. The fourth-order valence-electron chi connectivity index (χ4n) is 0.653. The molecule has 0 aliphatic carbocycles. The Hall–Kier alpha value is -1.42. The maximum Gasteiger partial charge on any atom is 0.233 e. The fraction of sp³-hybridized carbons (Fsp3) is 0.250. The molecule has 1 rings (SSSR count). The highest BCUT2D eigenvalue weighted by Gasteiger charge is 1.95. The lowest BCUT2D eigenvalue weighted by atomic mass is 10.4. The average molecular weight is 166 g/mol. The Morgan fingerprint density at radius 2 is 2.33 bits per heavy atom. The van der Waals surface area contributed by atoms with Gasteiger partial charge in [0.15, 0.2) is 0 Å². The van der Waals surface area contributed by atoms with E-state index in [1.54, 1.807) is 18.2 Å². The van der Waals surface area contributed by atoms with Crippen LogP contribution in [0.15, 0.2) is 24.8 Å². The molecule has 0 amide bonds. The summed E-state index contributed by atoms with van der Waals surface area (Å²) in [4.78, 5) is 0. The van der Waals surface area contributed by atoms with Gasteiger partial charge in [-0.15, -0.1) is 10.2 Å². The maximum absolute atomic E-state index is 8.65. The van der Waals surface area contributed by atoms with Crippen LogP contribution in [0.4, 0.5) is 0 Å². The van der Waals surface area contributed by atoms with Gasteiger partial charge >= 0.3 is 0 Å². The molecule has 1 heterocycles. The lowest BCUT2D eigenvalue weighted by Gasteiger charge is -2.00. The van der Waals surface area contributed by atoms with Gasteiger partial charge < -0.3 is 9.84 Å². The van der Waals surface area contributed by atoms with Crippen LogP contribution in [0, 0.1) is 0 Å². The van der Waals surface area contributed by atoms with Gasteiger partial charge in [-0.25, -0.2) is 0 Å². The summed E-state index contributed by atoms with van der Waals surface area (Å²) in [5, 5.41) is 16.0. The van der Waals surface area contributed by atoms with Crippen LogP contribution in [-0.2, 0) is 6.61 Å². The molecule has 1 aromatic heterocycles. The Morgan fingerprint density at radius 1 is 1.50 bits per heavy atom. The van der Waals surface area contributed by atoms with Gasteiger partial charge in [-0.1, -0.05) is 12.7 Å². The lowest BCUT2D eigenvalue weighted by molar-refractivity contribution is 0.273. The number of nitrogens with zero attached hydrogens (tertiary/aromatic N) is 2. The Kier molecular flexibility index (Phi) is 3.22. The molecule has 0 atom stereocenters. The summed E-state index contributed by atoms with van der Waals surface area (Å²) in [6.07, 6.45) is 1.63. The van der Waals surface area contributed by atoms with Crippen molar-refractivity contribution in [3.8, 4) is 5.88 Å². The van der Waals surface area contributed by atoms with E-state index in [0.29, 0.717) is 18.2 Å². The number of aliphatic hydroxyl groups is 1. The Balaban J connectivity index is 2.58. The summed E-state index contributed by atoms with van der Waals surface area (Å²) in [5.41, 5.74) is 0.529. The van der Waals surface area contributed by atoms with Gasteiger partial charge in [0.2, 0.25) is 5.88 Å². The third-order valence-corrected chi connectivity index (χ3v) is 1.21. The maximum atomic E-state index is 8.65. The minimum Gasteiger partial charge on any atom is -0.472 e. The van der Waals surface area contributed by atoms with E-state index in [-0.39, 0.29) is 6.61 Å². The summed E-state index contributed by atoms with van der Waals surface area (Å²) in [7, 11) is 0. The third-order valence-electron chi connectivity index (χ3n) is 1.21. The van der Waals surface area contributed by atoms with Crippen LogP contribution < -0.4 is 4.74 Å². The average Bonchev–Trinajstić information content (AvgIpc) is 2.15. The molecule has 0 fully saturated rings. The molecule has 0 radical (unpaired) electrons. The molecular formula is C8H10N2O2. The topological polar surface area (TPSA) is 55.2 Å². The van der Waals surface area contributed by atoms with Crippen molar-refractivity contribution in [2.75, 3.05) is 6.61 Å². The molecule has 4 nitrogen and oxygen atoms in total. The first kappa shape index (κ1) is 8.67. The van der Waals surface area contributed by atoms with Crippen LogP contribution in [-0.4, -0.2) is 21.9 Å². The highest BCUT2D eigenvalue weighted by Crippen LogP contribution is 2.04. The standard InChI is InChI=1S/C8H10N2O2/c1-2-5-12-8-4-3-7(6-11)9-10-8/h2-4,11H,1,5-6H2. The van der Waals surface area contributed by atoms with Crippen molar-refractivity contribution in [2.45, 2.75) is 6.61 Å². The lowest BCUT2D eigenvalue weighted by Crippen LogP contribution is -1.98. The molecule has 0 bridgehead atoms. The van der Waals surface area contributed by atoms with Gasteiger partial charge in [-0.05, 0) is 6.07 Å². The molecule has 0 aliphatic heterocycles. The predicted molar refractivity (Wildman–Crippen MR) is 43.6 cm³/mol. The summed E-state index contributed by atoms with van der Waals surface area (Å²) >= 11 is 0. The third kappa shape index (κ3) is 2.32. The number of rotatable bonds is 4. The largest absolute Gasteiger partial charge is 0.472 e. The minimum absolute atomic E-state index is 0.102. The zero-order chi connectivity index (χ0) is 8.81. The quantitative estimate of drug-likeness (QED) is 0.663. The highest BCUT2D eigenvalue weighted by molar-refractivity contribution is 5.10. The zero-order valence-electron chi connectivity index (χ0n) is 6.60. The van der Waals surface area contributed by atoms with Crippen molar-refractivity contribution in [1.82, 2.24) is 10.2 Å². The number of hydrogen-bond donors (Lipinski definition) is 1. The molecule has 64 valence electrons. The van der Waals surface area contributed by atoms with Crippen molar-refractivity contribution in [2.24, 2.45) is 0 Å². The number of aromatic nitrogens is 2. The summed E-state index contributed by atoms with van der Waals surface area (Å²) in [6.45, 7) is 3.80. The number of ether oxygens (including phenoxy) is 1. The number of aliphatic hydroxyl groups excluding tert-OH is 1. The van der Waals surface area contributed by atoms with Crippen molar-refractivity contribution in [3.05, 3.63) is 30.5 Å². The van der Waals surface area contributed by atoms with Crippen LogP contribution >= 0.6 is 0 Å². The molecule has 12 heavy (non-hydrogen) atoms. The monoisotopic (exact) mass is 166 g/mol. The smallest absolute Gasteiger partial charge is 0.233 e. The number of hydrogen-bond acceptors (Lipinski definition) is 4. The SMILES string of the molecule is C=CCOc1ccc(CO)nn1. The second-order valence-electron chi connectivity index (χ2n) is 2.12. The van der Waals surface area contributed by atoms with Gasteiger partial charge in [0, 0.05) is 6.07 Å². The van der Waals surface area contributed by atoms with E-state index in [4.69, 9.17) is 9.84 Å². The van der Waals surface area contributed by atoms with Crippen LogP contribution in [0.25, 0.3) is 0 Å². The van der Waals surface area contributed by atoms with E-state index in [9.17, 15) is 0 Å². The second kappa shape index (κ2) is 4.46. The fourth-order valence-corrected chi connectivity index (χ4v) is 0.653. The molecule has 0 aromatic carbocycles. The van der Waals surface area contributed by atoms with Gasteiger partial charge in [-0.2, -0.15) is 0 Å². The van der Waals surface area contributed by atoms with Crippen molar-refractivity contribution in [3.63, 3.8) is 0 Å². The van der Waals surface area contributed by atoms with E-state index in [1.807, 2.05) is 0 Å².